The molecule has 2 unspecified atom stereocenters. The summed E-state index contributed by atoms with van der Waals surface area (Å²) in [5, 5.41) is 23.2. The lowest BCUT2D eigenvalue weighted by Gasteiger charge is -2.22. The Morgan fingerprint density at radius 3 is 0.975 bits per heavy atom. The van der Waals surface area contributed by atoms with E-state index in [4.69, 9.17) is 4.74 Å². The fourth-order valence-corrected chi connectivity index (χ4v) is 11.7. The van der Waals surface area contributed by atoms with Crippen molar-refractivity contribution in [2.45, 2.75) is 424 Å². The van der Waals surface area contributed by atoms with Gasteiger partial charge in [-0.3, -0.25) is 9.59 Å². The quantitative estimate of drug-likeness (QED) is 0.0320. The Bertz CT molecular complexity index is 1250. The predicted octanol–water partition coefficient (Wildman–Crippen LogP) is 23.7. The van der Waals surface area contributed by atoms with Crippen LogP contribution in [-0.2, 0) is 14.3 Å². The first-order valence-electron chi connectivity index (χ1n) is 36.6. The predicted molar refractivity (Wildman–Crippen MR) is 352 cm³/mol. The van der Waals surface area contributed by atoms with Crippen LogP contribution < -0.4 is 5.32 Å². The van der Waals surface area contributed by atoms with Gasteiger partial charge in [0.2, 0.25) is 5.91 Å². The third kappa shape index (κ3) is 65.5. The fourth-order valence-electron chi connectivity index (χ4n) is 11.7. The molecule has 0 saturated heterocycles. The van der Waals surface area contributed by atoms with Crippen molar-refractivity contribution in [2.24, 2.45) is 0 Å². The van der Waals surface area contributed by atoms with Crippen LogP contribution >= 0.6 is 0 Å². The van der Waals surface area contributed by atoms with E-state index in [1.807, 2.05) is 0 Å². The van der Waals surface area contributed by atoms with Gasteiger partial charge in [-0.25, -0.2) is 0 Å². The number of unbranched alkanes of at least 4 members (excludes halogenated alkanes) is 54. The summed E-state index contributed by atoms with van der Waals surface area (Å²) in [6.07, 6.45) is 88.3. The van der Waals surface area contributed by atoms with E-state index in [1.165, 1.54) is 327 Å². The fraction of sp³-hybridized carbons (Fsp3) is 0.919. The van der Waals surface area contributed by atoms with E-state index < -0.39 is 12.1 Å². The van der Waals surface area contributed by atoms with Crippen LogP contribution in [0, 0.1) is 0 Å². The highest BCUT2D eigenvalue weighted by atomic mass is 16.5. The number of aliphatic hydroxyl groups is 2. The molecule has 0 aliphatic heterocycles. The lowest BCUT2D eigenvalue weighted by Crippen LogP contribution is -2.45. The van der Waals surface area contributed by atoms with Gasteiger partial charge >= 0.3 is 5.97 Å². The van der Waals surface area contributed by atoms with Crippen LogP contribution in [0.5, 0.6) is 0 Å². The molecule has 0 rings (SSSR count). The number of aliphatic hydroxyl groups excluding tert-OH is 2. The molecule has 0 fully saturated rings. The first-order chi connectivity index (χ1) is 39.5. The van der Waals surface area contributed by atoms with E-state index in [1.54, 1.807) is 0 Å². The molecule has 1 amide bonds. The number of amides is 1. The van der Waals surface area contributed by atoms with Crippen molar-refractivity contribution < 1.29 is 24.5 Å². The summed E-state index contributed by atoms with van der Waals surface area (Å²) >= 11 is 0. The van der Waals surface area contributed by atoms with E-state index >= 15 is 0 Å². The van der Waals surface area contributed by atoms with Crippen LogP contribution in [0.4, 0.5) is 0 Å². The minimum Gasteiger partial charge on any atom is -0.466 e. The summed E-state index contributed by atoms with van der Waals surface area (Å²) < 4.78 is 5.49. The molecule has 0 spiro atoms. The summed E-state index contributed by atoms with van der Waals surface area (Å²) in [5.74, 6) is -0.0183. The van der Waals surface area contributed by atoms with Gasteiger partial charge in [-0.15, -0.1) is 0 Å². The third-order valence-corrected chi connectivity index (χ3v) is 17.3. The summed E-state index contributed by atoms with van der Waals surface area (Å²) in [4.78, 5) is 24.5. The Morgan fingerprint density at radius 2 is 0.625 bits per heavy atom. The van der Waals surface area contributed by atoms with Gasteiger partial charge < -0.3 is 20.3 Å². The van der Waals surface area contributed by atoms with Gasteiger partial charge in [-0.05, 0) is 57.8 Å². The van der Waals surface area contributed by atoms with Crippen molar-refractivity contribution in [1.29, 1.82) is 0 Å². The molecule has 80 heavy (non-hydrogen) atoms. The van der Waals surface area contributed by atoms with Gasteiger partial charge in [-0.2, -0.15) is 0 Å². The van der Waals surface area contributed by atoms with Gasteiger partial charge in [0.1, 0.15) is 0 Å². The number of nitrogens with one attached hydrogen (secondary N) is 1. The van der Waals surface area contributed by atoms with Crippen LogP contribution in [0.1, 0.15) is 412 Å². The van der Waals surface area contributed by atoms with Gasteiger partial charge in [0.15, 0.2) is 0 Å². The lowest BCUT2D eigenvalue weighted by molar-refractivity contribution is -0.143. The van der Waals surface area contributed by atoms with Crippen LogP contribution in [0.2, 0.25) is 0 Å². The van der Waals surface area contributed by atoms with Crippen LogP contribution in [0.25, 0.3) is 0 Å². The Hall–Kier alpha value is -1.66. The van der Waals surface area contributed by atoms with E-state index in [0.29, 0.717) is 25.9 Å². The van der Waals surface area contributed by atoms with Crippen molar-refractivity contribution in [3.8, 4) is 0 Å². The van der Waals surface area contributed by atoms with Crippen molar-refractivity contribution in [3.05, 3.63) is 24.3 Å². The Labute approximate surface area is 501 Å². The van der Waals surface area contributed by atoms with Crippen molar-refractivity contribution in [1.82, 2.24) is 5.32 Å². The second-order valence-electron chi connectivity index (χ2n) is 25.3. The third-order valence-electron chi connectivity index (χ3n) is 17.3. The van der Waals surface area contributed by atoms with Crippen molar-refractivity contribution in [2.75, 3.05) is 13.2 Å². The average molecular weight is 1130 g/mol. The number of hydrogen-bond acceptors (Lipinski definition) is 5. The number of ether oxygens (including phenoxy) is 1. The molecule has 2 atom stereocenters. The highest BCUT2D eigenvalue weighted by Crippen LogP contribution is 2.19. The van der Waals surface area contributed by atoms with E-state index in [2.05, 4.69) is 43.5 Å². The van der Waals surface area contributed by atoms with Gasteiger partial charge in [0.05, 0.1) is 25.4 Å². The highest BCUT2D eigenvalue weighted by molar-refractivity contribution is 5.76. The summed E-state index contributed by atoms with van der Waals surface area (Å²) in [7, 11) is 0. The van der Waals surface area contributed by atoms with E-state index in [0.717, 1.165) is 51.4 Å². The van der Waals surface area contributed by atoms with Crippen molar-refractivity contribution in [3.63, 3.8) is 0 Å². The zero-order valence-electron chi connectivity index (χ0n) is 54.3. The summed E-state index contributed by atoms with van der Waals surface area (Å²) in [6, 6.07) is -0.535. The number of carbonyl (C=O) groups excluding carboxylic acids is 2. The number of esters is 1. The van der Waals surface area contributed by atoms with E-state index in [-0.39, 0.29) is 18.5 Å². The molecular weight excluding hydrogens is 983 g/mol. The minimum atomic E-state index is -0.658. The molecule has 0 aromatic rings. The maximum atomic E-state index is 12.5. The molecular formula is C74H143NO5. The topological polar surface area (TPSA) is 95.9 Å². The number of carbonyl (C=O) groups is 2. The Kier molecular flexibility index (Phi) is 68.4. The molecule has 6 nitrogen and oxygen atoms in total. The van der Waals surface area contributed by atoms with Gasteiger partial charge in [0, 0.05) is 12.8 Å². The first kappa shape index (κ1) is 78.3. The Balaban J connectivity index is 3.28. The summed E-state index contributed by atoms with van der Waals surface area (Å²) in [5.41, 5.74) is 0. The molecule has 0 bridgehead atoms. The maximum Gasteiger partial charge on any atom is 0.305 e. The second kappa shape index (κ2) is 69.8. The monoisotopic (exact) mass is 1130 g/mol. The van der Waals surface area contributed by atoms with Crippen molar-refractivity contribution >= 4 is 11.9 Å². The molecule has 0 aliphatic rings. The number of allylic oxidation sites excluding steroid dienone is 4. The largest absolute Gasteiger partial charge is 0.466 e. The molecule has 0 radical (unpaired) electrons. The zero-order valence-corrected chi connectivity index (χ0v) is 54.3. The number of hydrogen-bond donors (Lipinski definition) is 3. The average Bonchev–Trinajstić information content (AvgIpc) is 3.46. The molecule has 0 heterocycles. The number of rotatable bonds is 69. The lowest BCUT2D eigenvalue weighted by atomic mass is 10.0. The zero-order chi connectivity index (χ0) is 57.8. The SMILES string of the molecule is CCCCC/C=C\C/C=C\CCCCCCCC(=O)OCCCCCCCCCCCCCCCCCCCCCCCCCCCCCCCCCCCCCCCC(=O)NC(CO)C(O)CCCCCCCCCCCCC. The van der Waals surface area contributed by atoms with Crippen LogP contribution in [0.3, 0.4) is 0 Å². The molecule has 6 heteroatoms. The molecule has 0 aromatic heterocycles. The normalized spacial score (nSPS) is 12.6. The highest BCUT2D eigenvalue weighted by Gasteiger charge is 2.20. The minimum absolute atomic E-state index is 0.00980. The molecule has 0 aliphatic carbocycles. The van der Waals surface area contributed by atoms with E-state index in [9.17, 15) is 19.8 Å². The van der Waals surface area contributed by atoms with Crippen LogP contribution in [0.15, 0.2) is 24.3 Å². The van der Waals surface area contributed by atoms with Gasteiger partial charge in [-0.1, -0.05) is 366 Å². The van der Waals surface area contributed by atoms with Gasteiger partial charge in [0.25, 0.3) is 0 Å². The maximum absolute atomic E-state index is 12.5. The standard InChI is InChI=1S/C74H143NO5/c1-3-5-7-9-11-13-15-16-40-44-48-52-56-60-64-68-74(79)80-69-65-61-57-53-49-45-42-39-37-35-33-31-29-27-25-23-21-19-17-18-20-22-24-26-28-30-32-34-36-38-41-43-47-51-55-59-63-67-73(78)75-71(70-76)72(77)66-62-58-54-50-46-14-12-10-8-6-4-2/h11,13,16,40,71-72,76-77H,3-10,12,14-15,17-39,41-70H2,1-2H3,(H,75,78)/b13-11-,40-16-. The molecule has 3 N–H and O–H groups in total. The molecule has 0 aromatic carbocycles. The summed E-state index contributed by atoms with van der Waals surface area (Å²) in [6.45, 7) is 4.94. The molecule has 474 valence electrons. The Morgan fingerprint density at radius 1 is 0.350 bits per heavy atom. The molecule has 0 saturated carbocycles. The first-order valence-corrected chi connectivity index (χ1v) is 36.6. The van der Waals surface area contributed by atoms with Crippen LogP contribution in [-0.4, -0.2) is 47.4 Å². The second-order valence-corrected chi connectivity index (χ2v) is 25.3. The smallest absolute Gasteiger partial charge is 0.305 e.